The topological polar surface area (TPSA) is 83.2 Å². The fourth-order valence-corrected chi connectivity index (χ4v) is 4.57. The van der Waals surface area contributed by atoms with Gasteiger partial charge in [-0.1, -0.05) is 48.5 Å². The SMILES string of the molecule is CCOc1ccc(N2C(S)=C(C#N)C(=O)NC2c2cn(-c3ccccc3)nc2-c2ccccc2)cc1. The fraction of sp³-hybridized carbons (Fsp3) is 0.107. The van der Waals surface area contributed by atoms with E-state index in [1.54, 1.807) is 4.68 Å². The molecule has 1 amide bonds. The fourth-order valence-electron chi connectivity index (χ4n) is 4.18. The second kappa shape index (κ2) is 10.0. The van der Waals surface area contributed by atoms with E-state index in [4.69, 9.17) is 9.84 Å². The third-order valence-electron chi connectivity index (χ3n) is 5.85. The van der Waals surface area contributed by atoms with Gasteiger partial charge in [-0.2, -0.15) is 10.4 Å². The van der Waals surface area contributed by atoms with Gasteiger partial charge in [-0.05, 0) is 43.3 Å². The van der Waals surface area contributed by atoms with Crippen LogP contribution < -0.4 is 15.0 Å². The van der Waals surface area contributed by atoms with Crippen LogP contribution in [-0.4, -0.2) is 22.3 Å². The van der Waals surface area contributed by atoms with Crippen molar-refractivity contribution in [3.8, 4) is 28.8 Å². The van der Waals surface area contributed by atoms with Gasteiger partial charge >= 0.3 is 0 Å². The number of hydrogen-bond donors (Lipinski definition) is 2. The monoisotopic (exact) mass is 493 g/mol. The van der Waals surface area contributed by atoms with Crippen LogP contribution in [-0.2, 0) is 4.79 Å². The molecule has 0 radical (unpaired) electrons. The van der Waals surface area contributed by atoms with Crippen LogP contribution in [0.15, 0.2) is 102 Å². The largest absolute Gasteiger partial charge is 0.494 e. The molecule has 0 saturated heterocycles. The summed E-state index contributed by atoms with van der Waals surface area (Å²) >= 11 is 4.64. The molecule has 7 nitrogen and oxygen atoms in total. The third kappa shape index (κ3) is 4.32. The Bertz CT molecular complexity index is 1460. The van der Waals surface area contributed by atoms with Crippen molar-refractivity contribution in [3.05, 3.63) is 107 Å². The average Bonchev–Trinajstić information content (AvgIpc) is 3.36. The van der Waals surface area contributed by atoms with Crippen LogP contribution in [0.4, 0.5) is 5.69 Å². The normalized spacial score (nSPS) is 15.4. The highest BCUT2D eigenvalue weighted by atomic mass is 32.1. The Balaban J connectivity index is 1.69. The number of amides is 1. The Hall–Kier alpha value is -4.48. The van der Waals surface area contributed by atoms with E-state index in [0.29, 0.717) is 12.3 Å². The van der Waals surface area contributed by atoms with Gasteiger partial charge in [0.25, 0.3) is 5.91 Å². The van der Waals surface area contributed by atoms with Crippen molar-refractivity contribution in [2.24, 2.45) is 0 Å². The number of nitriles is 1. The van der Waals surface area contributed by atoms with Crippen molar-refractivity contribution < 1.29 is 9.53 Å². The van der Waals surface area contributed by atoms with E-state index >= 15 is 0 Å². The number of nitrogens with one attached hydrogen (secondary N) is 1. The molecule has 0 bridgehead atoms. The number of hydrogen-bond acceptors (Lipinski definition) is 6. The predicted octanol–water partition coefficient (Wildman–Crippen LogP) is 5.24. The van der Waals surface area contributed by atoms with E-state index in [0.717, 1.165) is 28.3 Å². The summed E-state index contributed by atoms with van der Waals surface area (Å²) < 4.78 is 7.38. The highest BCUT2D eigenvalue weighted by Gasteiger charge is 2.36. The Morgan fingerprint density at radius 2 is 1.67 bits per heavy atom. The maximum atomic E-state index is 12.9. The maximum Gasteiger partial charge on any atom is 0.266 e. The molecule has 1 N–H and O–H groups in total. The predicted molar refractivity (Wildman–Crippen MR) is 142 cm³/mol. The van der Waals surface area contributed by atoms with Crippen LogP contribution >= 0.6 is 12.6 Å². The van der Waals surface area contributed by atoms with Gasteiger partial charge in [0.2, 0.25) is 0 Å². The second-order valence-electron chi connectivity index (χ2n) is 8.06. The molecule has 1 aliphatic rings. The number of rotatable bonds is 6. The van der Waals surface area contributed by atoms with Gasteiger partial charge in [-0.3, -0.25) is 4.79 Å². The first kappa shape index (κ1) is 23.3. The number of carbonyl (C=O) groups is 1. The lowest BCUT2D eigenvalue weighted by molar-refractivity contribution is -0.118. The molecular weight excluding hydrogens is 470 g/mol. The smallest absolute Gasteiger partial charge is 0.266 e. The molecule has 1 aliphatic heterocycles. The van der Waals surface area contributed by atoms with Crippen molar-refractivity contribution in [1.82, 2.24) is 15.1 Å². The minimum atomic E-state index is -0.660. The summed E-state index contributed by atoms with van der Waals surface area (Å²) in [7, 11) is 0. The quantitative estimate of drug-likeness (QED) is 0.359. The van der Waals surface area contributed by atoms with Crippen molar-refractivity contribution in [2.45, 2.75) is 13.1 Å². The van der Waals surface area contributed by atoms with Crippen LogP contribution in [0.2, 0.25) is 0 Å². The zero-order valence-corrected chi connectivity index (χ0v) is 20.4. The molecule has 2 heterocycles. The van der Waals surface area contributed by atoms with E-state index < -0.39 is 12.1 Å². The summed E-state index contributed by atoms with van der Waals surface area (Å²) in [6, 6.07) is 29.0. The molecule has 0 saturated carbocycles. The summed E-state index contributed by atoms with van der Waals surface area (Å²) in [5.74, 6) is 0.243. The molecular formula is C28H23N5O2S. The first-order chi connectivity index (χ1) is 17.6. The van der Waals surface area contributed by atoms with Gasteiger partial charge in [0, 0.05) is 23.0 Å². The zero-order chi connectivity index (χ0) is 25.1. The Kier molecular flexibility index (Phi) is 6.48. The van der Waals surface area contributed by atoms with Crippen LogP contribution in [0.1, 0.15) is 18.7 Å². The number of thiol groups is 1. The van der Waals surface area contributed by atoms with Gasteiger partial charge in [0.15, 0.2) is 0 Å². The van der Waals surface area contributed by atoms with Gasteiger partial charge < -0.3 is 15.0 Å². The minimum Gasteiger partial charge on any atom is -0.494 e. The number of ether oxygens (including phenoxy) is 1. The lowest BCUT2D eigenvalue weighted by Gasteiger charge is -2.37. The number of aromatic nitrogens is 2. The maximum absolute atomic E-state index is 12.9. The molecule has 3 aromatic carbocycles. The van der Waals surface area contributed by atoms with Gasteiger partial charge in [-0.15, -0.1) is 12.6 Å². The van der Waals surface area contributed by atoms with Gasteiger partial charge in [-0.25, -0.2) is 4.68 Å². The summed E-state index contributed by atoms with van der Waals surface area (Å²) in [5, 5.41) is 17.8. The number of para-hydroxylation sites is 1. The van der Waals surface area contributed by atoms with Crippen LogP contribution in [0, 0.1) is 11.3 Å². The van der Waals surface area contributed by atoms with E-state index in [-0.39, 0.29) is 10.6 Å². The molecule has 0 aliphatic carbocycles. The molecule has 0 fully saturated rings. The molecule has 5 rings (SSSR count). The number of carbonyl (C=O) groups excluding carboxylic acids is 1. The van der Waals surface area contributed by atoms with Crippen molar-refractivity contribution >= 4 is 24.2 Å². The standard InChI is InChI=1S/C28H23N5O2S/c1-2-35-22-15-13-21(14-16-22)33-26(30-27(34)23(17-29)28(33)36)24-18-32(20-11-7-4-8-12-20)31-25(24)19-9-5-3-6-10-19/h3-16,18,26,36H,2H2,1H3,(H,30,34). The van der Waals surface area contributed by atoms with E-state index in [9.17, 15) is 10.1 Å². The van der Waals surface area contributed by atoms with Crippen LogP contribution in [0.25, 0.3) is 16.9 Å². The van der Waals surface area contributed by atoms with Crippen LogP contribution in [0.5, 0.6) is 5.75 Å². The van der Waals surface area contributed by atoms with Crippen molar-refractivity contribution in [3.63, 3.8) is 0 Å². The first-order valence-corrected chi connectivity index (χ1v) is 11.9. The highest BCUT2D eigenvalue weighted by Crippen LogP contribution is 2.39. The lowest BCUT2D eigenvalue weighted by atomic mass is 10.0. The molecule has 178 valence electrons. The van der Waals surface area contributed by atoms with Gasteiger partial charge in [0.05, 0.1) is 23.0 Å². The summed E-state index contributed by atoms with van der Waals surface area (Å²) in [4.78, 5) is 14.8. The molecule has 1 atom stereocenters. The summed E-state index contributed by atoms with van der Waals surface area (Å²) in [5.41, 5.74) is 3.94. The van der Waals surface area contributed by atoms with E-state index in [1.165, 1.54) is 0 Å². The summed E-state index contributed by atoms with van der Waals surface area (Å²) in [6.45, 7) is 2.48. The lowest BCUT2D eigenvalue weighted by Crippen LogP contribution is -2.46. The Morgan fingerprint density at radius 3 is 2.31 bits per heavy atom. The van der Waals surface area contributed by atoms with E-state index in [2.05, 4.69) is 17.9 Å². The number of benzene rings is 3. The Labute approximate surface area is 214 Å². The molecule has 0 spiro atoms. The first-order valence-electron chi connectivity index (χ1n) is 11.5. The van der Waals surface area contributed by atoms with E-state index in [1.807, 2.05) is 109 Å². The van der Waals surface area contributed by atoms with Crippen molar-refractivity contribution in [1.29, 1.82) is 5.26 Å². The minimum absolute atomic E-state index is 0.0554. The second-order valence-corrected chi connectivity index (χ2v) is 8.49. The Morgan fingerprint density at radius 1 is 1.00 bits per heavy atom. The molecule has 1 aromatic heterocycles. The summed E-state index contributed by atoms with van der Waals surface area (Å²) in [6.07, 6.45) is 1.25. The van der Waals surface area contributed by atoms with Crippen LogP contribution in [0.3, 0.4) is 0 Å². The molecule has 1 unspecified atom stereocenters. The van der Waals surface area contributed by atoms with Crippen molar-refractivity contribution in [2.75, 3.05) is 11.5 Å². The van der Waals surface area contributed by atoms with Gasteiger partial charge in [0.1, 0.15) is 23.6 Å². The molecule has 36 heavy (non-hydrogen) atoms. The molecule has 8 heteroatoms. The average molecular weight is 494 g/mol. The molecule has 4 aromatic rings. The number of nitrogens with zero attached hydrogens (tertiary/aromatic N) is 4. The number of anilines is 1. The highest BCUT2D eigenvalue weighted by molar-refractivity contribution is 7.84. The zero-order valence-electron chi connectivity index (χ0n) is 19.5. The third-order valence-corrected chi connectivity index (χ3v) is 6.29.